The molecule has 4 heterocycles. The van der Waals surface area contributed by atoms with Crippen LogP contribution in [0.5, 0.6) is 5.75 Å². The maximum Gasteiger partial charge on any atom is 0.407 e. The molecule has 4 amide bonds. The van der Waals surface area contributed by atoms with Crippen LogP contribution in [0.1, 0.15) is 74.9 Å². The van der Waals surface area contributed by atoms with E-state index in [0.717, 1.165) is 75.9 Å². The molecule has 63 heavy (non-hydrogen) atoms. The number of benzene rings is 4. The van der Waals surface area contributed by atoms with E-state index in [-0.39, 0.29) is 29.8 Å². The van der Waals surface area contributed by atoms with Gasteiger partial charge in [-0.05, 0) is 88.9 Å². The summed E-state index contributed by atoms with van der Waals surface area (Å²) in [5, 5.41) is 7.59. The first-order valence-electron chi connectivity index (χ1n) is 21.2. The Morgan fingerprint density at radius 1 is 0.651 bits per heavy atom. The third-order valence-corrected chi connectivity index (χ3v) is 12.1. The second-order valence-electron chi connectivity index (χ2n) is 16.3. The molecule has 2 aliphatic rings. The molecule has 0 spiro atoms. The van der Waals surface area contributed by atoms with Crippen LogP contribution < -0.4 is 15.4 Å². The lowest BCUT2D eigenvalue weighted by Crippen LogP contribution is -2.51. The summed E-state index contributed by atoms with van der Waals surface area (Å²) in [6.45, 7) is 4.92. The minimum atomic E-state index is -0.964. The number of rotatable bonds is 12. The van der Waals surface area contributed by atoms with Crippen LogP contribution in [0.4, 0.5) is 9.59 Å². The van der Waals surface area contributed by atoms with E-state index in [1.165, 1.54) is 14.2 Å². The largest absolute Gasteiger partial charge is 0.497 e. The second kappa shape index (κ2) is 18.4. The van der Waals surface area contributed by atoms with E-state index in [1.54, 1.807) is 42.5 Å². The zero-order chi connectivity index (χ0) is 44.2. The monoisotopic (exact) mass is 852 g/mol. The molecule has 4 aromatic carbocycles. The molecule has 15 heteroatoms. The molecule has 4 N–H and O–H groups in total. The van der Waals surface area contributed by atoms with Gasteiger partial charge in [0, 0.05) is 18.7 Å². The van der Waals surface area contributed by atoms with E-state index in [9.17, 15) is 19.2 Å². The van der Waals surface area contributed by atoms with Crippen molar-refractivity contribution in [2.45, 2.75) is 63.7 Å². The summed E-state index contributed by atoms with van der Waals surface area (Å²) < 4.78 is 15.0. The first-order chi connectivity index (χ1) is 30.5. The van der Waals surface area contributed by atoms with Crippen LogP contribution in [0.2, 0.25) is 0 Å². The van der Waals surface area contributed by atoms with Gasteiger partial charge >= 0.3 is 12.2 Å². The molecule has 0 bridgehead atoms. The van der Waals surface area contributed by atoms with E-state index in [0.29, 0.717) is 30.2 Å². The fourth-order valence-corrected chi connectivity index (χ4v) is 8.70. The Kier molecular flexibility index (Phi) is 12.4. The highest BCUT2D eigenvalue weighted by Crippen LogP contribution is 2.36. The Balaban J connectivity index is 0.944. The Labute approximate surface area is 365 Å². The molecule has 4 atom stereocenters. The number of H-pyrrole nitrogens is 2. The fraction of sp³-hybridized carbons (Fsp3) is 0.333. The number of nitrogens with zero attached hydrogens (tertiary/aromatic N) is 4. The molecule has 4 unspecified atom stereocenters. The summed E-state index contributed by atoms with van der Waals surface area (Å²) in [4.78, 5) is 72.0. The summed E-state index contributed by atoms with van der Waals surface area (Å²) >= 11 is 0. The van der Waals surface area contributed by atoms with E-state index in [1.807, 2.05) is 24.9 Å². The van der Waals surface area contributed by atoms with Crippen molar-refractivity contribution in [3.05, 3.63) is 115 Å². The molecule has 2 fully saturated rings. The lowest BCUT2D eigenvalue weighted by atomic mass is 9.98. The number of aromatic amines is 2. The third-order valence-electron chi connectivity index (χ3n) is 12.1. The number of alkyl carbamates (subject to hydrolysis) is 2. The van der Waals surface area contributed by atoms with Crippen molar-refractivity contribution in [2.24, 2.45) is 5.92 Å². The molecule has 0 saturated carbocycles. The topological polar surface area (TPSA) is 184 Å². The van der Waals surface area contributed by atoms with Gasteiger partial charge in [0.2, 0.25) is 5.91 Å². The lowest BCUT2D eigenvalue weighted by Gasteiger charge is -2.30. The van der Waals surface area contributed by atoms with Crippen molar-refractivity contribution in [1.82, 2.24) is 40.4 Å². The molecule has 2 aromatic heterocycles. The van der Waals surface area contributed by atoms with E-state index >= 15 is 0 Å². The maximum atomic E-state index is 14.1. The number of amides is 4. The van der Waals surface area contributed by atoms with Crippen LogP contribution in [-0.2, 0) is 19.1 Å². The lowest BCUT2D eigenvalue weighted by molar-refractivity contribution is -0.135. The molecule has 2 aliphatic heterocycles. The van der Waals surface area contributed by atoms with Crippen LogP contribution in [0.25, 0.3) is 44.4 Å². The van der Waals surface area contributed by atoms with Gasteiger partial charge in [-0.1, -0.05) is 74.5 Å². The van der Waals surface area contributed by atoms with Gasteiger partial charge in [-0.15, -0.1) is 0 Å². The van der Waals surface area contributed by atoms with E-state index in [2.05, 4.69) is 81.3 Å². The highest BCUT2D eigenvalue weighted by molar-refractivity contribution is 5.91. The zero-order valence-corrected chi connectivity index (χ0v) is 36.0. The molecule has 326 valence electrons. The van der Waals surface area contributed by atoms with Crippen LogP contribution in [0.15, 0.2) is 97.3 Å². The number of methoxy groups -OCH3 is 3. The summed E-state index contributed by atoms with van der Waals surface area (Å²) in [6.07, 6.45) is 5.43. The van der Waals surface area contributed by atoms with Crippen LogP contribution in [0, 0.1) is 5.92 Å². The Morgan fingerprint density at radius 2 is 1.19 bits per heavy atom. The molecule has 8 rings (SSSR count). The molecule has 15 nitrogen and oxygen atoms in total. The average Bonchev–Trinajstić information content (AvgIpc) is 4.16. The summed E-state index contributed by atoms with van der Waals surface area (Å²) in [5.74, 6) is 1.47. The number of ether oxygens (including phenoxy) is 3. The van der Waals surface area contributed by atoms with Gasteiger partial charge in [0.05, 0.1) is 57.2 Å². The van der Waals surface area contributed by atoms with Gasteiger partial charge in [-0.25, -0.2) is 19.6 Å². The average molecular weight is 853 g/mol. The fourth-order valence-electron chi connectivity index (χ4n) is 8.70. The SMILES string of the molecule is COC(=O)NC(C(=O)N1CCCC1c1ncc(-c2ccc(-c3ccc4cc(-c5cnc(C6CCCN6C(=O)C(NC(=O)OC)C(C)C)[nH]5)ccc4c3)cc2)[nH]1)c1cccc(OC)c1. The minimum absolute atomic E-state index is 0.111. The number of carbonyl (C=O) groups is 4. The van der Waals surface area contributed by atoms with Gasteiger partial charge in [0.1, 0.15) is 29.5 Å². The summed E-state index contributed by atoms with van der Waals surface area (Å²) in [6, 6.07) is 25.9. The summed E-state index contributed by atoms with van der Waals surface area (Å²) in [5.41, 5.74) is 6.38. The number of fused-ring (bicyclic) bond motifs is 1. The Hall–Kier alpha value is -7.16. The van der Waals surface area contributed by atoms with Crippen LogP contribution in [0.3, 0.4) is 0 Å². The van der Waals surface area contributed by atoms with Gasteiger partial charge < -0.3 is 44.6 Å². The first-order valence-corrected chi connectivity index (χ1v) is 21.2. The zero-order valence-electron chi connectivity index (χ0n) is 36.0. The summed E-state index contributed by atoms with van der Waals surface area (Å²) in [7, 11) is 4.11. The van der Waals surface area contributed by atoms with Gasteiger partial charge in [-0.2, -0.15) is 0 Å². The predicted molar refractivity (Wildman–Crippen MR) is 237 cm³/mol. The first kappa shape index (κ1) is 42.5. The molecule has 6 aromatic rings. The van der Waals surface area contributed by atoms with E-state index in [4.69, 9.17) is 24.2 Å². The number of hydrogen-bond donors (Lipinski definition) is 4. The quantitative estimate of drug-likeness (QED) is 0.0945. The molecule has 2 saturated heterocycles. The van der Waals surface area contributed by atoms with E-state index < -0.39 is 24.3 Å². The van der Waals surface area contributed by atoms with Crippen molar-refractivity contribution in [2.75, 3.05) is 34.4 Å². The molecular formula is C48H52N8O7. The number of aromatic nitrogens is 4. The van der Waals surface area contributed by atoms with Crippen molar-refractivity contribution >= 4 is 34.8 Å². The maximum absolute atomic E-state index is 14.1. The normalized spacial score (nSPS) is 17.1. The van der Waals surface area contributed by atoms with Crippen molar-refractivity contribution < 1.29 is 33.4 Å². The number of hydrogen-bond acceptors (Lipinski definition) is 9. The molecule has 0 radical (unpaired) electrons. The second-order valence-corrected chi connectivity index (χ2v) is 16.3. The standard InChI is InChI=1S/C48H52N8O7/c1-28(2)41(53-47(59)62-4)45(57)55-21-7-11-39(55)44-50-27-38(52-44)34-20-19-32-23-31(17-18-33(32)24-34)29-13-15-30(16-14-29)37-26-49-43(51-37)40-12-8-22-56(40)46(58)42(54-48(60)63-5)35-9-6-10-36(25-35)61-3/h6,9-10,13-20,23-28,39-42H,7-8,11-12,21-22H2,1-5H3,(H,49,51)(H,50,52)(H,53,59)(H,54,60). The number of imidazole rings is 2. The number of nitrogens with one attached hydrogen (secondary N) is 4. The third kappa shape index (κ3) is 8.94. The van der Waals surface area contributed by atoms with Crippen molar-refractivity contribution in [1.29, 1.82) is 0 Å². The molecule has 0 aliphatic carbocycles. The van der Waals surface area contributed by atoms with Gasteiger partial charge in [-0.3, -0.25) is 9.59 Å². The highest BCUT2D eigenvalue weighted by Gasteiger charge is 2.39. The smallest absolute Gasteiger partial charge is 0.407 e. The van der Waals surface area contributed by atoms with Gasteiger partial charge in [0.25, 0.3) is 5.91 Å². The Bertz CT molecular complexity index is 2620. The van der Waals surface area contributed by atoms with Crippen molar-refractivity contribution in [3.63, 3.8) is 0 Å². The Morgan fingerprint density at radius 3 is 1.79 bits per heavy atom. The number of carbonyl (C=O) groups excluding carboxylic acids is 4. The van der Waals surface area contributed by atoms with Crippen molar-refractivity contribution in [3.8, 4) is 39.4 Å². The predicted octanol–water partition coefficient (Wildman–Crippen LogP) is 8.10. The minimum Gasteiger partial charge on any atom is -0.497 e. The molecular weight excluding hydrogens is 801 g/mol. The highest BCUT2D eigenvalue weighted by atomic mass is 16.5. The van der Waals surface area contributed by atoms with Gasteiger partial charge in [0.15, 0.2) is 0 Å². The number of likely N-dealkylation sites (tertiary alicyclic amines) is 2. The van der Waals surface area contributed by atoms with Crippen LogP contribution in [-0.4, -0.2) is 94.2 Å². The van der Waals surface area contributed by atoms with Crippen LogP contribution >= 0.6 is 0 Å².